The van der Waals surface area contributed by atoms with Crippen molar-refractivity contribution in [2.75, 3.05) is 6.61 Å². The Hall–Kier alpha value is -3.80. The lowest BCUT2D eigenvalue weighted by Crippen LogP contribution is -2.43. The largest absolute Gasteiger partial charge is 0.489 e. The minimum Gasteiger partial charge on any atom is -0.489 e. The van der Waals surface area contributed by atoms with Gasteiger partial charge in [-0.25, -0.2) is 0 Å². The first kappa shape index (κ1) is 20.9. The summed E-state index contributed by atoms with van der Waals surface area (Å²) in [4.78, 5) is 24.2. The Morgan fingerprint density at radius 1 is 0.800 bits per heavy atom. The van der Waals surface area contributed by atoms with E-state index >= 15 is 0 Å². The van der Waals surface area contributed by atoms with Gasteiger partial charge in [0.25, 0.3) is 11.8 Å². The number of hydrazine groups is 1. The van der Waals surface area contributed by atoms with E-state index in [9.17, 15) is 9.59 Å². The molecule has 0 aliphatic heterocycles. The predicted molar refractivity (Wildman–Crippen MR) is 114 cm³/mol. The Morgan fingerprint density at radius 3 is 2.27 bits per heavy atom. The van der Waals surface area contributed by atoms with E-state index in [1.807, 2.05) is 68.4 Å². The molecule has 154 valence electrons. The number of rotatable bonds is 7. The average Bonchev–Trinajstić information content (AvgIpc) is 2.78. The lowest BCUT2D eigenvalue weighted by Gasteiger charge is -2.12. The summed E-state index contributed by atoms with van der Waals surface area (Å²) in [7, 11) is 0. The number of ether oxygens (including phenoxy) is 2. The van der Waals surface area contributed by atoms with E-state index in [1.54, 1.807) is 18.2 Å². The molecule has 0 saturated carbocycles. The maximum Gasteiger partial charge on any atom is 0.276 e. The summed E-state index contributed by atoms with van der Waals surface area (Å²) in [5.41, 5.74) is 8.16. The van der Waals surface area contributed by atoms with Crippen LogP contribution in [0.1, 0.15) is 27.0 Å². The number of hydrogen-bond donors (Lipinski definition) is 2. The summed E-state index contributed by atoms with van der Waals surface area (Å²) in [5.74, 6) is 0.567. The summed E-state index contributed by atoms with van der Waals surface area (Å²) < 4.78 is 11.2. The van der Waals surface area contributed by atoms with Gasteiger partial charge in [0.15, 0.2) is 6.61 Å². The molecule has 2 amide bonds. The van der Waals surface area contributed by atoms with Crippen molar-refractivity contribution in [3.05, 3.63) is 95.1 Å². The van der Waals surface area contributed by atoms with Crippen molar-refractivity contribution in [2.24, 2.45) is 0 Å². The smallest absolute Gasteiger partial charge is 0.276 e. The third-order valence-electron chi connectivity index (χ3n) is 4.59. The molecule has 3 rings (SSSR count). The van der Waals surface area contributed by atoms with Gasteiger partial charge in [-0.15, -0.1) is 0 Å². The molecule has 0 aromatic heterocycles. The number of aryl methyl sites for hydroxylation is 1. The molecule has 0 unspecified atom stereocenters. The van der Waals surface area contributed by atoms with Crippen LogP contribution in [0.2, 0.25) is 0 Å². The molecule has 0 aliphatic carbocycles. The minimum atomic E-state index is -0.447. The Kier molecular flexibility index (Phi) is 7.05. The highest BCUT2D eigenvalue weighted by molar-refractivity contribution is 5.95. The van der Waals surface area contributed by atoms with Gasteiger partial charge in [-0.1, -0.05) is 42.5 Å². The second kappa shape index (κ2) is 10.1. The fourth-order valence-electron chi connectivity index (χ4n) is 2.69. The topological polar surface area (TPSA) is 76.7 Å². The Labute approximate surface area is 175 Å². The lowest BCUT2D eigenvalue weighted by molar-refractivity contribution is -0.123. The maximum atomic E-state index is 12.2. The normalized spacial score (nSPS) is 10.2. The molecule has 0 heterocycles. The summed E-state index contributed by atoms with van der Waals surface area (Å²) in [6.07, 6.45) is 0. The van der Waals surface area contributed by atoms with Crippen molar-refractivity contribution in [2.45, 2.75) is 20.5 Å². The van der Waals surface area contributed by atoms with Crippen LogP contribution in [0, 0.1) is 13.8 Å². The fraction of sp³-hybridized carbons (Fsp3) is 0.167. The molecule has 0 fully saturated rings. The number of amides is 2. The highest BCUT2D eigenvalue weighted by Gasteiger charge is 2.09. The number of hydrogen-bond acceptors (Lipinski definition) is 4. The molecule has 6 nitrogen and oxygen atoms in total. The van der Waals surface area contributed by atoms with Gasteiger partial charge >= 0.3 is 0 Å². The maximum absolute atomic E-state index is 12.2. The van der Waals surface area contributed by atoms with E-state index in [2.05, 4.69) is 10.9 Å². The summed E-state index contributed by atoms with van der Waals surface area (Å²) in [5, 5.41) is 0. The van der Waals surface area contributed by atoms with E-state index in [0.29, 0.717) is 17.9 Å². The Balaban J connectivity index is 1.44. The van der Waals surface area contributed by atoms with Crippen molar-refractivity contribution in [3.63, 3.8) is 0 Å². The SMILES string of the molecule is Cc1cccc(OCC(=O)NNC(=O)c2ccc(COc3ccccc3)cc2)c1C. The predicted octanol–water partition coefficient (Wildman–Crippen LogP) is 3.72. The first-order valence-corrected chi connectivity index (χ1v) is 9.58. The second-order valence-electron chi connectivity index (χ2n) is 6.79. The zero-order chi connectivity index (χ0) is 21.3. The molecule has 0 radical (unpaired) electrons. The quantitative estimate of drug-likeness (QED) is 0.589. The molecule has 3 aromatic rings. The van der Waals surface area contributed by atoms with Crippen LogP contribution in [0.3, 0.4) is 0 Å². The van der Waals surface area contributed by atoms with Crippen LogP contribution >= 0.6 is 0 Å². The average molecular weight is 404 g/mol. The molecular formula is C24H24N2O4. The van der Waals surface area contributed by atoms with E-state index in [-0.39, 0.29) is 6.61 Å². The van der Waals surface area contributed by atoms with Gasteiger partial charge < -0.3 is 9.47 Å². The van der Waals surface area contributed by atoms with Crippen LogP contribution in [0.4, 0.5) is 0 Å². The molecule has 3 aromatic carbocycles. The van der Waals surface area contributed by atoms with Crippen LogP contribution < -0.4 is 20.3 Å². The molecule has 2 N–H and O–H groups in total. The van der Waals surface area contributed by atoms with Crippen LogP contribution in [-0.2, 0) is 11.4 Å². The minimum absolute atomic E-state index is 0.194. The molecule has 30 heavy (non-hydrogen) atoms. The zero-order valence-corrected chi connectivity index (χ0v) is 17.0. The third kappa shape index (κ3) is 5.85. The number of benzene rings is 3. The zero-order valence-electron chi connectivity index (χ0n) is 17.0. The van der Waals surface area contributed by atoms with E-state index in [1.165, 1.54) is 0 Å². The molecule has 0 spiro atoms. The second-order valence-corrected chi connectivity index (χ2v) is 6.79. The number of carbonyl (C=O) groups is 2. The van der Waals surface area contributed by atoms with E-state index < -0.39 is 11.8 Å². The van der Waals surface area contributed by atoms with Crippen LogP contribution in [-0.4, -0.2) is 18.4 Å². The third-order valence-corrected chi connectivity index (χ3v) is 4.59. The van der Waals surface area contributed by atoms with Gasteiger partial charge in [-0.05, 0) is 60.9 Å². The summed E-state index contributed by atoms with van der Waals surface area (Å²) >= 11 is 0. The van der Waals surface area contributed by atoms with Crippen molar-refractivity contribution in [1.82, 2.24) is 10.9 Å². The lowest BCUT2D eigenvalue weighted by atomic mass is 10.1. The number of nitrogens with one attached hydrogen (secondary N) is 2. The first-order chi connectivity index (χ1) is 14.5. The fourth-order valence-corrected chi connectivity index (χ4v) is 2.69. The molecule has 0 aliphatic rings. The molecule has 0 bridgehead atoms. The monoisotopic (exact) mass is 404 g/mol. The van der Waals surface area contributed by atoms with Gasteiger partial charge in [0, 0.05) is 5.56 Å². The van der Waals surface area contributed by atoms with Crippen molar-refractivity contribution < 1.29 is 19.1 Å². The van der Waals surface area contributed by atoms with Crippen LogP contribution in [0.5, 0.6) is 11.5 Å². The van der Waals surface area contributed by atoms with Crippen LogP contribution in [0.25, 0.3) is 0 Å². The van der Waals surface area contributed by atoms with Crippen molar-refractivity contribution >= 4 is 11.8 Å². The Morgan fingerprint density at radius 2 is 1.53 bits per heavy atom. The molecule has 0 atom stereocenters. The van der Waals surface area contributed by atoms with E-state index in [4.69, 9.17) is 9.47 Å². The molecule has 6 heteroatoms. The number of para-hydroxylation sites is 1. The number of carbonyl (C=O) groups excluding carboxylic acids is 2. The highest BCUT2D eigenvalue weighted by Crippen LogP contribution is 2.20. The standard InChI is InChI=1S/C24H24N2O4/c1-17-7-6-10-22(18(17)2)30-16-23(27)25-26-24(28)20-13-11-19(12-14-20)15-29-21-8-4-3-5-9-21/h3-14H,15-16H2,1-2H3,(H,25,27)(H,26,28). The van der Waals surface area contributed by atoms with Gasteiger partial charge in [0.05, 0.1) is 0 Å². The molecular weight excluding hydrogens is 380 g/mol. The first-order valence-electron chi connectivity index (χ1n) is 9.58. The van der Waals surface area contributed by atoms with Gasteiger partial charge in [0.1, 0.15) is 18.1 Å². The Bertz CT molecular complexity index is 1000. The van der Waals surface area contributed by atoms with Crippen molar-refractivity contribution in [3.8, 4) is 11.5 Å². The van der Waals surface area contributed by atoms with Crippen molar-refractivity contribution in [1.29, 1.82) is 0 Å². The van der Waals surface area contributed by atoms with Gasteiger partial charge in [-0.2, -0.15) is 0 Å². The van der Waals surface area contributed by atoms with Crippen LogP contribution in [0.15, 0.2) is 72.8 Å². The van der Waals surface area contributed by atoms with Gasteiger partial charge in [0.2, 0.25) is 0 Å². The van der Waals surface area contributed by atoms with Gasteiger partial charge in [-0.3, -0.25) is 20.4 Å². The molecule has 0 saturated heterocycles. The van der Waals surface area contributed by atoms with E-state index in [0.717, 1.165) is 22.4 Å². The highest BCUT2D eigenvalue weighted by atomic mass is 16.5. The summed E-state index contributed by atoms with van der Waals surface area (Å²) in [6, 6.07) is 22.1. The summed E-state index contributed by atoms with van der Waals surface area (Å²) in [6.45, 7) is 4.11.